The summed E-state index contributed by atoms with van der Waals surface area (Å²) >= 11 is 0. The van der Waals surface area contributed by atoms with E-state index in [-0.39, 0.29) is 12.5 Å². The van der Waals surface area contributed by atoms with Crippen molar-refractivity contribution in [2.45, 2.75) is 31.2 Å². The maximum atomic E-state index is 12.0. The van der Waals surface area contributed by atoms with Gasteiger partial charge in [-0.05, 0) is 12.8 Å². The summed E-state index contributed by atoms with van der Waals surface area (Å²) in [5.41, 5.74) is 3.88. The highest BCUT2D eigenvalue weighted by molar-refractivity contribution is 5.91. The van der Waals surface area contributed by atoms with E-state index in [0.29, 0.717) is 26.1 Å². The molecule has 96 valence electrons. The number of nitrogens with one attached hydrogen (secondary N) is 1. The lowest BCUT2D eigenvalue weighted by atomic mass is 9.89. The first-order valence-electron chi connectivity index (χ1n) is 5.89. The van der Waals surface area contributed by atoms with E-state index in [9.17, 15) is 14.7 Å². The third-order valence-electron chi connectivity index (χ3n) is 3.83. The van der Waals surface area contributed by atoms with Crippen LogP contribution in [0.25, 0.3) is 0 Å². The molecule has 0 bridgehead atoms. The van der Waals surface area contributed by atoms with E-state index in [0.717, 1.165) is 12.8 Å². The summed E-state index contributed by atoms with van der Waals surface area (Å²) in [5, 5.41) is 12.0. The molecule has 0 radical (unpaired) electrons. The van der Waals surface area contributed by atoms with E-state index < -0.39 is 16.9 Å². The van der Waals surface area contributed by atoms with Crippen LogP contribution in [0.4, 0.5) is 0 Å². The van der Waals surface area contributed by atoms with Gasteiger partial charge in [0.1, 0.15) is 5.54 Å². The third kappa shape index (κ3) is 2.14. The molecule has 2 fully saturated rings. The SMILES string of the molecule is NCC1(C(=O)NC2(C(=O)O)CCOCC2)CC1. The molecule has 6 heteroatoms. The second-order valence-electron chi connectivity index (χ2n) is 4.94. The maximum Gasteiger partial charge on any atom is 0.329 e. The number of carbonyl (C=O) groups is 2. The maximum absolute atomic E-state index is 12.0. The summed E-state index contributed by atoms with van der Waals surface area (Å²) in [6, 6.07) is 0. The predicted octanol–water partition coefficient (Wildman–Crippen LogP) is -0.525. The summed E-state index contributed by atoms with van der Waals surface area (Å²) < 4.78 is 5.14. The molecule has 1 amide bonds. The average Bonchev–Trinajstić information content (AvgIpc) is 3.11. The standard InChI is InChI=1S/C11H18N2O4/c12-7-10(1-2-10)8(14)13-11(9(15)16)3-5-17-6-4-11/h1-7,12H2,(H,13,14)(H,15,16). The van der Waals surface area contributed by atoms with Crippen molar-refractivity contribution in [3.63, 3.8) is 0 Å². The molecule has 1 saturated carbocycles. The monoisotopic (exact) mass is 242 g/mol. The molecule has 0 spiro atoms. The molecule has 4 N–H and O–H groups in total. The molecule has 1 aliphatic heterocycles. The smallest absolute Gasteiger partial charge is 0.329 e. The first kappa shape index (κ1) is 12.3. The molecule has 2 rings (SSSR count). The summed E-state index contributed by atoms with van der Waals surface area (Å²) in [5.74, 6) is -1.20. The van der Waals surface area contributed by atoms with Crippen LogP contribution in [0.2, 0.25) is 0 Å². The molecule has 2 aliphatic rings. The lowest BCUT2D eigenvalue weighted by Crippen LogP contribution is -2.59. The van der Waals surface area contributed by atoms with E-state index >= 15 is 0 Å². The molecular weight excluding hydrogens is 224 g/mol. The van der Waals surface area contributed by atoms with Crippen molar-refractivity contribution >= 4 is 11.9 Å². The Kier molecular flexibility index (Phi) is 3.09. The zero-order valence-corrected chi connectivity index (χ0v) is 9.70. The lowest BCUT2D eigenvalue weighted by molar-refractivity contribution is -0.153. The molecule has 0 unspecified atom stereocenters. The van der Waals surface area contributed by atoms with E-state index in [2.05, 4.69) is 5.32 Å². The van der Waals surface area contributed by atoms with Gasteiger partial charge in [-0.15, -0.1) is 0 Å². The number of aliphatic carboxylic acids is 1. The van der Waals surface area contributed by atoms with Crippen molar-refractivity contribution in [1.29, 1.82) is 0 Å². The van der Waals surface area contributed by atoms with Crippen LogP contribution in [0.3, 0.4) is 0 Å². The fraction of sp³-hybridized carbons (Fsp3) is 0.818. The molecule has 0 atom stereocenters. The fourth-order valence-corrected chi connectivity index (χ4v) is 2.14. The lowest BCUT2D eigenvalue weighted by Gasteiger charge is -2.35. The van der Waals surface area contributed by atoms with Crippen molar-refractivity contribution < 1.29 is 19.4 Å². The van der Waals surface area contributed by atoms with E-state index in [1.165, 1.54) is 0 Å². The Balaban J connectivity index is 2.08. The number of carboxylic acid groups (broad SMARTS) is 1. The Morgan fingerprint density at radius 1 is 1.24 bits per heavy atom. The highest BCUT2D eigenvalue weighted by atomic mass is 16.5. The van der Waals surface area contributed by atoms with Crippen LogP contribution in [0.1, 0.15) is 25.7 Å². The van der Waals surface area contributed by atoms with Crippen LogP contribution in [0.15, 0.2) is 0 Å². The van der Waals surface area contributed by atoms with Crippen LogP contribution < -0.4 is 11.1 Å². The molecule has 0 aromatic carbocycles. The average molecular weight is 242 g/mol. The van der Waals surface area contributed by atoms with Crippen LogP contribution in [0, 0.1) is 5.41 Å². The second kappa shape index (κ2) is 4.27. The minimum absolute atomic E-state index is 0.218. The van der Waals surface area contributed by atoms with Crippen LogP contribution in [-0.4, -0.2) is 42.3 Å². The Morgan fingerprint density at radius 3 is 2.24 bits per heavy atom. The number of hydrogen-bond acceptors (Lipinski definition) is 4. The Morgan fingerprint density at radius 2 is 1.82 bits per heavy atom. The van der Waals surface area contributed by atoms with Crippen LogP contribution >= 0.6 is 0 Å². The van der Waals surface area contributed by atoms with E-state index in [1.807, 2.05) is 0 Å². The predicted molar refractivity (Wildman–Crippen MR) is 59.3 cm³/mol. The Labute approximate surface area is 99.5 Å². The van der Waals surface area contributed by atoms with Gasteiger partial charge in [-0.25, -0.2) is 4.79 Å². The van der Waals surface area contributed by atoms with Crippen molar-refractivity contribution in [3.05, 3.63) is 0 Å². The number of hydrogen-bond donors (Lipinski definition) is 3. The molecule has 17 heavy (non-hydrogen) atoms. The zero-order chi connectivity index (χ0) is 12.5. The van der Waals surface area contributed by atoms with Crippen LogP contribution in [0.5, 0.6) is 0 Å². The number of amides is 1. The Bertz CT molecular complexity index is 332. The number of ether oxygens (including phenoxy) is 1. The summed E-state index contributed by atoms with van der Waals surface area (Å²) in [7, 11) is 0. The molecule has 1 aliphatic carbocycles. The quantitative estimate of drug-likeness (QED) is 0.615. The minimum Gasteiger partial charge on any atom is -0.480 e. The number of carbonyl (C=O) groups excluding carboxylic acids is 1. The zero-order valence-electron chi connectivity index (χ0n) is 9.70. The van der Waals surface area contributed by atoms with Gasteiger partial charge in [-0.3, -0.25) is 4.79 Å². The third-order valence-corrected chi connectivity index (χ3v) is 3.83. The number of nitrogens with two attached hydrogens (primary N) is 1. The molecule has 0 aromatic rings. The highest BCUT2D eigenvalue weighted by Gasteiger charge is 2.52. The second-order valence-corrected chi connectivity index (χ2v) is 4.94. The van der Waals surface area contributed by atoms with Crippen molar-refractivity contribution in [2.24, 2.45) is 11.1 Å². The molecule has 6 nitrogen and oxygen atoms in total. The molecule has 1 heterocycles. The minimum atomic E-state index is -1.17. The molecular formula is C11H18N2O4. The number of carboxylic acids is 1. The van der Waals surface area contributed by atoms with E-state index in [1.54, 1.807) is 0 Å². The Hall–Kier alpha value is -1.14. The van der Waals surface area contributed by atoms with Gasteiger partial charge in [0.15, 0.2) is 0 Å². The highest BCUT2D eigenvalue weighted by Crippen LogP contribution is 2.45. The normalized spacial score (nSPS) is 25.0. The first-order valence-corrected chi connectivity index (χ1v) is 5.89. The van der Waals surface area contributed by atoms with Gasteiger partial charge < -0.3 is 20.9 Å². The van der Waals surface area contributed by atoms with Gasteiger partial charge in [0, 0.05) is 32.6 Å². The molecule has 1 saturated heterocycles. The van der Waals surface area contributed by atoms with Gasteiger partial charge in [0.2, 0.25) is 5.91 Å². The van der Waals surface area contributed by atoms with Crippen molar-refractivity contribution in [1.82, 2.24) is 5.32 Å². The van der Waals surface area contributed by atoms with E-state index in [4.69, 9.17) is 10.5 Å². The topological polar surface area (TPSA) is 102 Å². The first-order chi connectivity index (χ1) is 8.05. The largest absolute Gasteiger partial charge is 0.480 e. The van der Waals surface area contributed by atoms with Gasteiger partial charge in [0.25, 0.3) is 0 Å². The summed E-state index contributed by atoms with van der Waals surface area (Å²) in [6.07, 6.45) is 2.13. The van der Waals surface area contributed by atoms with Gasteiger partial charge >= 0.3 is 5.97 Å². The van der Waals surface area contributed by atoms with Crippen molar-refractivity contribution in [2.75, 3.05) is 19.8 Å². The number of rotatable bonds is 4. The van der Waals surface area contributed by atoms with Crippen LogP contribution in [-0.2, 0) is 14.3 Å². The van der Waals surface area contributed by atoms with Gasteiger partial charge in [0.05, 0.1) is 5.41 Å². The summed E-state index contributed by atoms with van der Waals surface area (Å²) in [4.78, 5) is 23.4. The molecule has 0 aromatic heterocycles. The van der Waals surface area contributed by atoms with Crippen molar-refractivity contribution in [3.8, 4) is 0 Å². The fourth-order valence-electron chi connectivity index (χ4n) is 2.14. The van der Waals surface area contributed by atoms with Gasteiger partial charge in [-0.1, -0.05) is 0 Å². The van der Waals surface area contributed by atoms with Gasteiger partial charge in [-0.2, -0.15) is 0 Å². The summed E-state index contributed by atoms with van der Waals surface area (Å²) in [6.45, 7) is 1.01.